The lowest BCUT2D eigenvalue weighted by atomic mass is 10.1. The van der Waals surface area contributed by atoms with Crippen LogP contribution in [0.3, 0.4) is 0 Å². The molecule has 150 valence electrons. The van der Waals surface area contributed by atoms with Crippen LogP contribution < -0.4 is 10.9 Å². The number of aromatic hydroxyl groups is 1. The lowest BCUT2D eigenvalue weighted by molar-refractivity contribution is 0.0955. The second-order valence-electron chi connectivity index (χ2n) is 7.05. The third-order valence-corrected chi connectivity index (χ3v) is 4.98. The number of pyridine rings is 2. The minimum atomic E-state index is -0.228. The summed E-state index contributed by atoms with van der Waals surface area (Å²) in [5.74, 6) is -0.0147. The van der Waals surface area contributed by atoms with E-state index in [1.165, 1.54) is 0 Å². The highest BCUT2D eigenvalue weighted by molar-refractivity contribution is 6.06. The van der Waals surface area contributed by atoms with Crippen molar-refractivity contribution in [1.82, 2.24) is 14.9 Å². The molecule has 0 saturated carbocycles. The summed E-state index contributed by atoms with van der Waals surface area (Å²) >= 11 is 0. The fourth-order valence-corrected chi connectivity index (χ4v) is 3.40. The Morgan fingerprint density at radius 1 is 0.933 bits per heavy atom. The van der Waals surface area contributed by atoms with Gasteiger partial charge in [-0.05, 0) is 47.9 Å². The van der Waals surface area contributed by atoms with Crippen LogP contribution in [-0.4, -0.2) is 27.1 Å². The number of aromatic nitrogens is 2. The quantitative estimate of drug-likeness (QED) is 0.522. The summed E-state index contributed by atoms with van der Waals surface area (Å²) in [6.45, 7) is 0.807. The predicted molar refractivity (Wildman–Crippen MR) is 116 cm³/mol. The van der Waals surface area contributed by atoms with Crippen LogP contribution in [-0.2, 0) is 13.0 Å². The Bertz CT molecular complexity index is 1230. The van der Waals surface area contributed by atoms with E-state index < -0.39 is 0 Å². The number of hydrogen-bond acceptors (Lipinski definition) is 4. The number of nitrogens with zero attached hydrogens (tertiary/aromatic N) is 2. The van der Waals surface area contributed by atoms with E-state index in [9.17, 15) is 14.7 Å². The Labute approximate surface area is 173 Å². The van der Waals surface area contributed by atoms with Crippen LogP contribution in [0.2, 0.25) is 0 Å². The number of amides is 1. The van der Waals surface area contributed by atoms with E-state index in [2.05, 4.69) is 10.3 Å². The third-order valence-electron chi connectivity index (χ3n) is 4.98. The van der Waals surface area contributed by atoms with Crippen molar-refractivity contribution in [2.24, 2.45) is 0 Å². The first kappa shape index (κ1) is 19.4. The number of fused-ring (bicyclic) bond motifs is 1. The van der Waals surface area contributed by atoms with E-state index >= 15 is 0 Å². The van der Waals surface area contributed by atoms with E-state index in [4.69, 9.17) is 0 Å². The number of hydrogen-bond donors (Lipinski definition) is 2. The number of phenolic OH excluding ortho intramolecular Hbond substituents is 1. The molecular formula is C24H21N3O3. The average molecular weight is 399 g/mol. The van der Waals surface area contributed by atoms with E-state index in [1.807, 2.05) is 30.3 Å². The van der Waals surface area contributed by atoms with Crippen molar-refractivity contribution in [3.05, 3.63) is 106 Å². The van der Waals surface area contributed by atoms with Crippen LogP contribution in [0.15, 0.2) is 84.0 Å². The molecule has 0 unspecified atom stereocenters. The van der Waals surface area contributed by atoms with Gasteiger partial charge in [-0.3, -0.25) is 14.6 Å². The molecule has 0 spiro atoms. The lowest BCUT2D eigenvalue weighted by Crippen LogP contribution is -2.29. The highest BCUT2D eigenvalue weighted by atomic mass is 16.3. The molecule has 0 radical (unpaired) electrons. The lowest BCUT2D eigenvalue weighted by Gasteiger charge is -2.13. The molecule has 6 heteroatoms. The van der Waals surface area contributed by atoms with Crippen molar-refractivity contribution in [3.63, 3.8) is 0 Å². The second-order valence-corrected chi connectivity index (χ2v) is 7.05. The van der Waals surface area contributed by atoms with Crippen molar-refractivity contribution in [2.75, 3.05) is 6.54 Å². The third kappa shape index (κ3) is 4.22. The molecule has 0 aliphatic heterocycles. The number of carbonyl (C=O) groups excluding carboxylic acids is 1. The highest BCUT2D eigenvalue weighted by Crippen LogP contribution is 2.16. The molecule has 0 fully saturated rings. The molecule has 6 nitrogen and oxygen atoms in total. The van der Waals surface area contributed by atoms with E-state index in [0.29, 0.717) is 35.8 Å². The van der Waals surface area contributed by atoms with E-state index in [0.717, 1.165) is 11.1 Å². The van der Waals surface area contributed by atoms with Crippen molar-refractivity contribution >= 4 is 16.7 Å². The molecule has 4 aromatic rings. The Morgan fingerprint density at radius 3 is 2.37 bits per heavy atom. The van der Waals surface area contributed by atoms with Gasteiger partial charge in [0.05, 0.1) is 12.1 Å². The van der Waals surface area contributed by atoms with Crippen LogP contribution in [0.4, 0.5) is 0 Å². The summed E-state index contributed by atoms with van der Waals surface area (Å²) in [4.78, 5) is 29.9. The number of rotatable bonds is 6. The van der Waals surface area contributed by atoms with E-state index in [1.54, 1.807) is 53.5 Å². The maximum Gasteiger partial charge on any atom is 0.258 e. The highest BCUT2D eigenvalue weighted by Gasteiger charge is 2.14. The van der Waals surface area contributed by atoms with Crippen LogP contribution in [0.1, 0.15) is 21.5 Å². The van der Waals surface area contributed by atoms with Gasteiger partial charge >= 0.3 is 0 Å². The summed E-state index contributed by atoms with van der Waals surface area (Å²) in [5.41, 5.74) is 2.27. The monoisotopic (exact) mass is 399 g/mol. The minimum Gasteiger partial charge on any atom is -0.508 e. The second kappa shape index (κ2) is 8.61. The van der Waals surface area contributed by atoms with Gasteiger partial charge in [0.15, 0.2) is 0 Å². The van der Waals surface area contributed by atoms with Gasteiger partial charge in [-0.1, -0.05) is 30.3 Å². The number of carbonyl (C=O) groups is 1. The Balaban J connectivity index is 1.60. The van der Waals surface area contributed by atoms with Gasteiger partial charge in [-0.15, -0.1) is 0 Å². The maximum atomic E-state index is 12.9. The standard InChI is InChI=1S/C24H21N3O3/c28-19-7-5-17(6-8-19)11-14-26-23(29)22-16-27(15-18-9-12-25-13-10-18)24(30)21-4-2-1-3-20(21)22/h1-10,12-13,16,28H,11,14-15H2,(H,26,29). The smallest absolute Gasteiger partial charge is 0.258 e. The summed E-state index contributed by atoms with van der Waals surface area (Å²) < 4.78 is 1.56. The molecule has 4 rings (SSSR count). The van der Waals surface area contributed by atoms with E-state index in [-0.39, 0.29) is 17.2 Å². The molecule has 0 aliphatic carbocycles. The number of phenols is 1. The first-order valence-corrected chi connectivity index (χ1v) is 9.69. The van der Waals surface area contributed by atoms with Gasteiger partial charge in [0.1, 0.15) is 5.75 Å². The predicted octanol–water partition coefficient (Wildman–Crippen LogP) is 3.12. The summed E-state index contributed by atoms with van der Waals surface area (Å²) in [7, 11) is 0. The van der Waals surface area contributed by atoms with Crippen LogP contribution in [0.5, 0.6) is 5.75 Å². The van der Waals surface area contributed by atoms with Gasteiger partial charge in [0, 0.05) is 35.9 Å². The number of nitrogens with one attached hydrogen (secondary N) is 1. The molecule has 2 N–H and O–H groups in total. The van der Waals surface area contributed by atoms with Gasteiger partial charge in [-0.25, -0.2) is 0 Å². The molecule has 0 bridgehead atoms. The van der Waals surface area contributed by atoms with Gasteiger partial charge < -0.3 is 15.0 Å². The Kier molecular flexibility index (Phi) is 5.57. The molecule has 0 atom stereocenters. The minimum absolute atomic E-state index is 0.136. The summed E-state index contributed by atoms with van der Waals surface area (Å²) in [6, 6.07) is 17.8. The molecule has 30 heavy (non-hydrogen) atoms. The summed E-state index contributed by atoms with van der Waals surface area (Å²) in [6.07, 6.45) is 5.62. The number of benzene rings is 2. The first-order valence-electron chi connectivity index (χ1n) is 9.69. The first-order chi connectivity index (χ1) is 14.6. The van der Waals surface area contributed by atoms with Crippen molar-refractivity contribution in [1.29, 1.82) is 0 Å². The molecular weight excluding hydrogens is 378 g/mol. The normalized spacial score (nSPS) is 10.8. The zero-order chi connectivity index (χ0) is 20.9. The SMILES string of the molecule is O=C(NCCc1ccc(O)cc1)c1cn(Cc2ccncc2)c(=O)c2ccccc12. The van der Waals surface area contributed by atoms with Gasteiger partial charge in [-0.2, -0.15) is 0 Å². The molecule has 2 aromatic heterocycles. The largest absolute Gasteiger partial charge is 0.508 e. The fraction of sp³-hybridized carbons (Fsp3) is 0.125. The van der Waals surface area contributed by atoms with Crippen LogP contribution in [0, 0.1) is 0 Å². The Hall–Kier alpha value is -3.93. The van der Waals surface area contributed by atoms with Crippen LogP contribution >= 0.6 is 0 Å². The Morgan fingerprint density at radius 2 is 1.63 bits per heavy atom. The van der Waals surface area contributed by atoms with Gasteiger partial charge in [0.2, 0.25) is 0 Å². The topological polar surface area (TPSA) is 84.2 Å². The summed E-state index contributed by atoms with van der Waals surface area (Å²) in [5, 5.41) is 13.5. The molecule has 2 aromatic carbocycles. The fourth-order valence-electron chi connectivity index (χ4n) is 3.40. The average Bonchev–Trinajstić information content (AvgIpc) is 2.78. The molecule has 0 aliphatic rings. The van der Waals surface area contributed by atoms with Crippen LogP contribution in [0.25, 0.3) is 10.8 Å². The molecule has 1 amide bonds. The molecule has 2 heterocycles. The zero-order valence-corrected chi connectivity index (χ0v) is 16.3. The molecule has 0 saturated heterocycles. The maximum absolute atomic E-state index is 12.9. The van der Waals surface area contributed by atoms with Gasteiger partial charge in [0.25, 0.3) is 11.5 Å². The van der Waals surface area contributed by atoms with Crippen molar-refractivity contribution < 1.29 is 9.90 Å². The zero-order valence-electron chi connectivity index (χ0n) is 16.3. The van der Waals surface area contributed by atoms with Crippen molar-refractivity contribution in [2.45, 2.75) is 13.0 Å². The van der Waals surface area contributed by atoms with Crippen molar-refractivity contribution in [3.8, 4) is 5.75 Å².